The van der Waals surface area contributed by atoms with Gasteiger partial charge in [-0.15, -0.1) is 0 Å². The lowest BCUT2D eigenvalue weighted by atomic mass is 10.2. The highest BCUT2D eigenvalue weighted by molar-refractivity contribution is 7.92. The number of rotatable bonds is 4. The first kappa shape index (κ1) is 15.6. The van der Waals surface area contributed by atoms with Gasteiger partial charge in [0.2, 0.25) is 0 Å². The Morgan fingerprint density at radius 2 is 1.87 bits per heavy atom. The number of pyridine rings is 1. The van der Waals surface area contributed by atoms with Crippen LogP contribution in [0.1, 0.15) is 0 Å². The Balaban J connectivity index is 2.01. The number of ether oxygens (including phenoxy) is 1. The third kappa shape index (κ3) is 3.23. The molecule has 3 aromatic rings. The average Bonchev–Trinajstić information content (AvgIpc) is 2.54. The molecule has 1 heterocycles. The highest BCUT2D eigenvalue weighted by Crippen LogP contribution is 2.28. The van der Waals surface area contributed by atoms with E-state index >= 15 is 0 Å². The second-order valence-electron chi connectivity index (χ2n) is 4.79. The van der Waals surface area contributed by atoms with E-state index in [0.29, 0.717) is 10.5 Å². The van der Waals surface area contributed by atoms with Crippen LogP contribution in [0.3, 0.4) is 0 Å². The predicted octanol–water partition coefficient (Wildman–Crippen LogP) is 3.70. The zero-order valence-electron chi connectivity index (χ0n) is 12.2. The van der Waals surface area contributed by atoms with Crippen LogP contribution in [0.5, 0.6) is 5.75 Å². The van der Waals surface area contributed by atoms with E-state index in [1.54, 1.807) is 18.2 Å². The van der Waals surface area contributed by atoms with Crippen LogP contribution in [0.2, 0.25) is 5.02 Å². The van der Waals surface area contributed by atoms with Crippen LogP contribution in [0.15, 0.2) is 59.5 Å². The Bertz CT molecular complexity index is 974. The number of fused-ring (bicyclic) bond motifs is 1. The highest BCUT2D eigenvalue weighted by atomic mass is 35.5. The number of nitrogens with one attached hydrogen (secondary N) is 1. The number of nitrogens with zero attached hydrogens (tertiary/aromatic N) is 1. The number of hydrogen-bond acceptors (Lipinski definition) is 4. The van der Waals surface area contributed by atoms with Crippen LogP contribution in [-0.2, 0) is 10.0 Å². The lowest BCUT2D eigenvalue weighted by Crippen LogP contribution is -2.15. The molecule has 2 aromatic carbocycles. The lowest BCUT2D eigenvalue weighted by molar-refractivity contribution is 0.403. The summed E-state index contributed by atoms with van der Waals surface area (Å²) >= 11 is 5.90. The number of para-hydroxylation sites is 1. The molecule has 1 N–H and O–H groups in total. The summed E-state index contributed by atoms with van der Waals surface area (Å²) in [6.45, 7) is 0. The van der Waals surface area contributed by atoms with Crippen LogP contribution in [0.4, 0.5) is 5.82 Å². The van der Waals surface area contributed by atoms with Crippen molar-refractivity contribution < 1.29 is 13.2 Å². The smallest absolute Gasteiger partial charge is 0.266 e. The Labute approximate surface area is 138 Å². The molecule has 0 amide bonds. The molecule has 3 rings (SSSR count). The summed E-state index contributed by atoms with van der Waals surface area (Å²) in [5.74, 6) is 0.438. The highest BCUT2D eigenvalue weighted by Gasteiger charge is 2.20. The van der Waals surface area contributed by atoms with Crippen molar-refractivity contribution in [2.75, 3.05) is 11.8 Å². The molecule has 118 valence electrons. The van der Waals surface area contributed by atoms with Gasteiger partial charge < -0.3 is 4.74 Å². The van der Waals surface area contributed by atoms with E-state index in [2.05, 4.69) is 9.71 Å². The van der Waals surface area contributed by atoms with E-state index in [9.17, 15) is 8.42 Å². The molecule has 0 saturated carbocycles. The van der Waals surface area contributed by atoms with Gasteiger partial charge in [-0.25, -0.2) is 13.4 Å². The number of hydrogen-bond donors (Lipinski definition) is 1. The predicted molar refractivity (Wildman–Crippen MR) is 90.6 cm³/mol. The molecule has 0 aliphatic heterocycles. The molecule has 0 aliphatic rings. The van der Waals surface area contributed by atoms with Crippen LogP contribution in [-0.4, -0.2) is 20.5 Å². The average molecular weight is 349 g/mol. The normalized spacial score (nSPS) is 11.4. The van der Waals surface area contributed by atoms with Gasteiger partial charge in [-0.1, -0.05) is 29.8 Å². The first-order valence-corrected chi connectivity index (χ1v) is 8.58. The van der Waals surface area contributed by atoms with E-state index < -0.39 is 10.0 Å². The van der Waals surface area contributed by atoms with E-state index in [-0.39, 0.29) is 16.5 Å². The van der Waals surface area contributed by atoms with Gasteiger partial charge in [-0.2, -0.15) is 0 Å². The Hall–Kier alpha value is -2.31. The van der Waals surface area contributed by atoms with Crippen molar-refractivity contribution in [2.45, 2.75) is 4.90 Å². The molecule has 1 aromatic heterocycles. The van der Waals surface area contributed by atoms with Crippen molar-refractivity contribution >= 4 is 38.3 Å². The van der Waals surface area contributed by atoms with Gasteiger partial charge in [-0.05, 0) is 36.4 Å². The minimum atomic E-state index is -3.87. The second kappa shape index (κ2) is 6.06. The number of halogens is 1. The van der Waals surface area contributed by atoms with Gasteiger partial charge in [0.25, 0.3) is 10.0 Å². The minimum absolute atomic E-state index is 0.0394. The van der Waals surface area contributed by atoms with Crippen molar-refractivity contribution in [2.24, 2.45) is 0 Å². The molecule has 0 unspecified atom stereocenters. The van der Waals surface area contributed by atoms with Crippen LogP contribution >= 0.6 is 11.6 Å². The Kier molecular flexibility index (Phi) is 4.11. The molecule has 0 fully saturated rings. The molecule has 23 heavy (non-hydrogen) atoms. The molecule has 7 heteroatoms. The number of aromatic nitrogens is 1. The topological polar surface area (TPSA) is 68.3 Å². The number of sulfonamides is 1. The molecule has 0 radical (unpaired) electrons. The summed E-state index contributed by atoms with van der Waals surface area (Å²) in [5, 5.41) is 1.23. The first-order valence-electron chi connectivity index (χ1n) is 6.72. The van der Waals surface area contributed by atoms with E-state index in [1.165, 1.54) is 19.2 Å². The van der Waals surface area contributed by atoms with Crippen molar-refractivity contribution in [3.05, 3.63) is 59.6 Å². The van der Waals surface area contributed by atoms with Crippen molar-refractivity contribution in [1.29, 1.82) is 0 Å². The second-order valence-corrected chi connectivity index (χ2v) is 6.88. The van der Waals surface area contributed by atoms with Gasteiger partial charge in [0.1, 0.15) is 16.5 Å². The first-order chi connectivity index (χ1) is 11.0. The largest absolute Gasteiger partial charge is 0.495 e. The van der Waals surface area contributed by atoms with Crippen LogP contribution in [0.25, 0.3) is 10.9 Å². The molecule has 0 aliphatic carbocycles. The minimum Gasteiger partial charge on any atom is -0.495 e. The molecule has 0 bridgehead atoms. The van der Waals surface area contributed by atoms with Crippen LogP contribution in [0, 0.1) is 0 Å². The summed E-state index contributed by atoms with van der Waals surface area (Å²) in [4.78, 5) is 4.26. The maximum atomic E-state index is 12.6. The van der Waals surface area contributed by atoms with E-state index in [4.69, 9.17) is 16.3 Å². The van der Waals surface area contributed by atoms with Gasteiger partial charge in [-0.3, -0.25) is 4.72 Å². The molecular weight excluding hydrogens is 336 g/mol. The molecule has 0 spiro atoms. The fraction of sp³-hybridized carbons (Fsp3) is 0.0625. The Morgan fingerprint density at radius 1 is 1.09 bits per heavy atom. The van der Waals surface area contributed by atoms with Crippen LogP contribution < -0.4 is 9.46 Å². The SMILES string of the molecule is COc1ccc(Cl)cc1S(=O)(=O)Nc1ccc2ccccc2n1. The fourth-order valence-electron chi connectivity index (χ4n) is 2.18. The van der Waals surface area contributed by atoms with Gasteiger partial charge >= 0.3 is 0 Å². The Morgan fingerprint density at radius 3 is 2.65 bits per heavy atom. The van der Waals surface area contributed by atoms with Crippen molar-refractivity contribution in [3.63, 3.8) is 0 Å². The zero-order valence-corrected chi connectivity index (χ0v) is 13.7. The third-order valence-corrected chi connectivity index (χ3v) is 4.86. The summed E-state index contributed by atoms with van der Waals surface area (Å²) in [7, 11) is -2.47. The fourth-order valence-corrected chi connectivity index (χ4v) is 3.61. The zero-order chi connectivity index (χ0) is 16.4. The van der Waals surface area contributed by atoms with Crippen molar-refractivity contribution in [3.8, 4) is 5.75 Å². The van der Waals surface area contributed by atoms with Gasteiger partial charge in [0.05, 0.1) is 12.6 Å². The lowest BCUT2D eigenvalue weighted by Gasteiger charge is -2.11. The summed E-state index contributed by atoms with van der Waals surface area (Å²) in [5.41, 5.74) is 0.700. The standard InChI is InChI=1S/C16H13ClN2O3S/c1-22-14-8-7-12(17)10-15(14)23(20,21)19-16-9-6-11-4-2-3-5-13(11)18-16/h2-10H,1H3,(H,18,19). The van der Waals surface area contributed by atoms with E-state index in [0.717, 1.165) is 5.39 Å². The summed E-state index contributed by atoms with van der Waals surface area (Å²) in [6.07, 6.45) is 0. The molecule has 5 nitrogen and oxygen atoms in total. The molecular formula is C16H13ClN2O3S. The maximum Gasteiger partial charge on any atom is 0.266 e. The summed E-state index contributed by atoms with van der Waals surface area (Å²) < 4.78 is 32.7. The van der Waals surface area contributed by atoms with Gasteiger partial charge in [0.15, 0.2) is 0 Å². The third-order valence-electron chi connectivity index (χ3n) is 3.25. The van der Waals surface area contributed by atoms with Gasteiger partial charge in [0, 0.05) is 10.4 Å². The number of benzene rings is 2. The quantitative estimate of drug-likeness (QED) is 0.780. The molecule has 0 atom stereocenters. The number of anilines is 1. The number of methoxy groups -OCH3 is 1. The summed E-state index contributed by atoms with van der Waals surface area (Å²) in [6, 6.07) is 15.3. The van der Waals surface area contributed by atoms with E-state index in [1.807, 2.05) is 24.3 Å². The van der Waals surface area contributed by atoms with Crippen molar-refractivity contribution in [1.82, 2.24) is 4.98 Å². The molecule has 0 saturated heterocycles. The monoisotopic (exact) mass is 348 g/mol. The maximum absolute atomic E-state index is 12.6.